The number of anilines is 1. The predicted molar refractivity (Wildman–Crippen MR) is 69.5 cm³/mol. The first-order valence-electron chi connectivity index (χ1n) is 6.02. The number of hydrogen-bond donors (Lipinski definition) is 3. The van der Waals surface area contributed by atoms with Crippen LogP contribution in [0.25, 0.3) is 0 Å². The molecule has 0 radical (unpaired) electrons. The van der Waals surface area contributed by atoms with Crippen LogP contribution in [0.1, 0.15) is 18.4 Å². The molecule has 100 valence electrons. The van der Waals surface area contributed by atoms with Crippen LogP contribution in [-0.2, 0) is 9.59 Å². The van der Waals surface area contributed by atoms with Crippen molar-refractivity contribution in [2.24, 2.45) is 0 Å². The fourth-order valence-corrected chi connectivity index (χ4v) is 1.79. The molecule has 0 spiro atoms. The SMILES string of the molecule is Cc1ccc(NC(=O)NC2CCC(=O)NC2=O)cc1. The third-order valence-corrected chi connectivity index (χ3v) is 2.85. The molecule has 0 saturated carbocycles. The first kappa shape index (κ1) is 13.1. The predicted octanol–water partition coefficient (Wildman–Crippen LogP) is 0.922. The van der Waals surface area contributed by atoms with Crippen LogP contribution in [0.15, 0.2) is 24.3 Å². The van der Waals surface area contributed by atoms with E-state index >= 15 is 0 Å². The van der Waals surface area contributed by atoms with Crippen LogP contribution in [0.2, 0.25) is 0 Å². The summed E-state index contributed by atoms with van der Waals surface area (Å²) in [7, 11) is 0. The summed E-state index contributed by atoms with van der Waals surface area (Å²) < 4.78 is 0. The van der Waals surface area contributed by atoms with E-state index in [4.69, 9.17) is 0 Å². The molecule has 2 rings (SSSR count). The molecule has 1 aliphatic heterocycles. The Labute approximate surface area is 110 Å². The van der Waals surface area contributed by atoms with E-state index in [1.165, 1.54) is 0 Å². The topological polar surface area (TPSA) is 87.3 Å². The van der Waals surface area contributed by atoms with Gasteiger partial charge in [-0.1, -0.05) is 17.7 Å². The zero-order valence-corrected chi connectivity index (χ0v) is 10.5. The Morgan fingerprint density at radius 3 is 2.58 bits per heavy atom. The van der Waals surface area contributed by atoms with Crippen LogP contribution < -0.4 is 16.0 Å². The van der Waals surface area contributed by atoms with Crippen molar-refractivity contribution < 1.29 is 14.4 Å². The van der Waals surface area contributed by atoms with E-state index < -0.39 is 18.0 Å². The minimum Gasteiger partial charge on any atom is -0.326 e. The van der Waals surface area contributed by atoms with E-state index in [0.717, 1.165) is 5.56 Å². The van der Waals surface area contributed by atoms with Crippen LogP contribution >= 0.6 is 0 Å². The fourth-order valence-electron chi connectivity index (χ4n) is 1.79. The second-order valence-corrected chi connectivity index (χ2v) is 4.47. The number of hydrogen-bond acceptors (Lipinski definition) is 3. The summed E-state index contributed by atoms with van der Waals surface area (Å²) >= 11 is 0. The van der Waals surface area contributed by atoms with Gasteiger partial charge in [0.1, 0.15) is 6.04 Å². The summed E-state index contributed by atoms with van der Waals surface area (Å²) in [6.07, 6.45) is 0.563. The van der Waals surface area contributed by atoms with Crippen LogP contribution in [0.3, 0.4) is 0 Å². The summed E-state index contributed by atoms with van der Waals surface area (Å²) in [6.45, 7) is 1.95. The molecule has 4 amide bonds. The second-order valence-electron chi connectivity index (χ2n) is 4.47. The van der Waals surface area contributed by atoms with Crippen LogP contribution in [0.4, 0.5) is 10.5 Å². The van der Waals surface area contributed by atoms with Gasteiger partial charge < -0.3 is 10.6 Å². The lowest BCUT2D eigenvalue weighted by molar-refractivity contribution is -0.134. The van der Waals surface area contributed by atoms with Crippen molar-refractivity contribution in [2.45, 2.75) is 25.8 Å². The monoisotopic (exact) mass is 261 g/mol. The van der Waals surface area contributed by atoms with Gasteiger partial charge in [-0.3, -0.25) is 14.9 Å². The molecule has 6 heteroatoms. The maximum Gasteiger partial charge on any atom is 0.319 e. The number of aryl methyl sites for hydroxylation is 1. The number of carbonyl (C=O) groups is 3. The Morgan fingerprint density at radius 2 is 1.95 bits per heavy atom. The largest absolute Gasteiger partial charge is 0.326 e. The van der Waals surface area contributed by atoms with Gasteiger partial charge in [-0.25, -0.2) is 4.79 Å². The normalized spacial score (nSPS) is 18.7. The van der Waals surface area contributed by atoms with Gasteiger partial charge in [-0.2, -0.15) is 0 Å². The minimum absolute atomic E-state index is 0.237. The lowest BCUT2D eigenvalue weighted by Crippen LogP contribution is -2.53. The molecule has 19 heavy (non-hydrogen) atoms. The number of piperidine rings is 1. The molecule has 1 heterocycles. The third-order valence-electron chi connectivity index (χ3n) is 2.85. The average molecular weight is 261 g/mol. The molecule has 1 aliphatic rings. The molecule has 3 N–H and O–H groups in total. The Morgan fingerprint density at radius 1 is 1.26 bits per heavy atom. The van der Waals surface area contributed by atoms with Crippen LogP contribution in [-0.4, -0.2) is 23.9 Å². The number of imide groups is 1. The van der Waals surface area contributed by atoms with Crippen molar-refractivity contribution in [3.63, 3.8) is 0 Å². The molecule has 1 aromatic rings. The van der Waals surface area contributed by atoms with E-state index in [9.17, 15) is 14.4 Å². The Kier molecular flexibility index (Phi) is 3.79. The fraction of sp³-hybridized carbons (Fsp3) is 0.308. The molecule has 1 atom stereocenters. The molecule has 0 aromatic heterocycles. The standard InChI is InChI=1S/C13H15N3O3/c1-8-2-4-9(5-3-8)14-13(19)15-10-6-7-11(17)16-12(10)18/h2-5,10H,6-7H2,1H3,(H2,14,15,19)(H,16,17,18). The van der Waals surface area contributed by atoms with Gasteiger partial charge in [-0.05, 0) is 25.5 Å². The third kappa shape index (κ3) is 3.54. The molecule has 1 aromatic carbocycles. The molecule has 0 bridgehead atoms. The smallest absolute Gasteiger partial charge is 0.319 e. The van der Waals surface area contributed by atoms with Crippen LogP contribution in [0, 0.1) is 6.92 Å². The lowest BCUT2D eigenvalue weighted by Gasteiger charge is -2.21. The quantitative estimate of drug-likeness (QED) is 0.692. The molecule has 1 saturated heterocycles. The van der Waals surface area contributed by atoms with Gasteiger partial charge in [0.25, 0.3) is 0 Å². The first-order chi connectivity index (χ1) is 9.04. The highest BCUT2D eigenvalue weighted by Crippen LogP contribution is 2.09. The average Bonchev–Trinajstić information content (AvgIpc) is 2.36. The van der Waals surface area contributed by atoms with E-state index in [1.807, 2.05) is 19.1 Å². The van der Waals surface area contributed by atoms with Gasteiger partial charge >= 0.3 is 6.03 Å². The van der Waals surface area contributed by atoms with Crippen molar-refractivity contribution in [1.29, 1.82) is 0 Å². The zero-order chi connectivity index (χ0) is 13.8. The van der Waals surface area contributed by atoms with E-state index in [-0.39, 0.29) is 12.3 Å². The van der Waals surface area contributed by atoms with Crippen LogP contribution in [0.5, 0.6) is 0 Å². The van der Waals surface area contributed by atoms with Gasteiger partial charge in [0, 0.05) is 12.1 Å². The summed E-state index contributed by atoms with van der Waals surface area (Å²) in [5.41, 5.74) is 1.74. The van der Waals surface area contributed by atoms with Crippen molar-refractivity contribution in [1.82, 2.24) is 10.6 Å². The van der Waals surface area contributed by atoms with Gasteiger partial charge in [-0.15, -0.1) is 0 Å². The molecule has 6 nitrogen and oxygen atoms in total. The zero-order valence-electron chi connectivity index (χ0n) is 10.5. The molecular formula is C13H15N3O3. The molecular weight excluding hydrogens is 246 g/mol. The van der Waals surface area contributed by atoms with Crippen molar-refractivity contribution >= 4 is 23.5 Å². The minimum atomic E-state index is -0.664. The Bertz CT molecular complexity index is 510. The number of nitrogens with one attached hydrogen (secondary N) is 3. The molecule has 1 fully saturated rings. The van der Waals surface area contributed by atoms with Crippen molar-refractivity contribution in [3.8, 4) is 0 Å². The van der Waals surface area contributed by atoms with E-state index in [1.54, 1.807) is 12.1 Å². The lowest BCUT2D eigenvalue weighted by atomic mass is 10.1. The number of carbonyl (C=O) groups excluding carboxylic acids is 3. The van der Waals surface area contributed by atoms with Crippen molar-refractivity contribution in [2.75, 3.05) is 5.32 Å². The second kappa shape index (κ2) is 5.51. The maximum atomic E-state index is 11.7. The molecule has 1 unspecified atom stereocenters. The Balaban J connectivity index is 1.89. The van der Waals surface area contributed by atoms with Gasteiger partial charge in [0.05, 0.1) is 0 Å². The van der Waals surface area contributed by atoms with Crippen molar-refractivity contribution in [3.05, 3.63) is 29.8 Å². The van der Waals surface area contributed by atoms with Gasteiger partial charge in [0.15, 0.2) is 0 Å². The first-order valence-corrected chi connectivity index (χ1v) is 6.02. The van der Waals surface area contributed by atoms with Gasteiger partial charge in [0.2, 0.25) is 11.8 Å². The van der Waals surface area contributed by atoms with E-state index in [2.05, 4.69) is 16.0 Å². The number of benzene rings is 1. The highest BCUT2D eigenvalue weighted by atomic mass is 16.2. The molecule has 0 aliphatic carbocycles. The highest BCUT2D eigenvalue weighted by molar-refractivity contribution is 6.02. The summed E-state index contributed by atoms with van der Waals surface area (Å²) in [6, 6.07) is 6.18. The summed E-state index contributed by atoms with van der Waals surface area (Å²) in [5, 5.41) is 7.36. The number of urea groups is 1. The number of amides is 4. The summed E-state index contributed by atoms with van der Waals surface area (Å²) in [4.78, 5) is 34.1. The Hall–Kier alpha value is -2.37. The highest BCUT2D eigenvalue weighted by Gasteiger charge is 2.27. The number of rotatable bonds is 2. The van der Waals surface area contributed by atoms with E-state index in [0.29, 0.717) is 12.1 Å². The maximum absolute atomic E-state index is 11.7. The summed E-state index contributed by atoms with van der Waals surface area (Å²) in [5.74, 6) is -0.766.